The van der Waals surface area contributed by atoms with Crippen LogP contribution in [0.15, 0.2) is 109 Å². The number of hydrogen-bond donors (Lipinski definition) is 2. The van der Waals surface area contributed by atoms with E-state index >= 15 is 0 Å². The fourth-order valence-electron chi connectivity index (χ4n) is 5.39. The highest BCUT2D eigenvalue weighted by Gasteiger charge is 2.30. The molecular formula is C37H43N3O4. The van der Waals surface area contributed by atoms with Crippen LogP contribution in [0.1, 0.15) is 36.8 Å². The van der Waals surface area contributed by atoms with Crippen LogP contribution in [0.3, 0.4) is 0 Å². The zero-order chi connectivity index (χ0) is 30.6. The van der Waals surface area contributed by atoms with Gasteiger partial charge in [-0.25, -0.2) is 0 Å². The molecule has 0 unspecified atom stereocenters. The summed E-state index contributed by atoms with van der Waals surface area (Å²) < 4.78 is 11.6. The molecule has 2 fully saturated rings. The summed E-state index contributed by atoms with van der Waals surface area (Å²) in [4.78, 5) is 15.8. The number of ketones is 1. The average Bonchev–Trinajstić information content (AvgIpc) is 3.09. The molecule has 0 saturated carbocycles. The lowest BCUT2D eigenvalue weighted by molar-refractivity contribution is -0.119. The fraction of sp³-hybridized carbons (Fsp3) is 0.324. The second-order valence-electron chi connectivity index (χ2n) is 11.5. The van der Waals surface area contributed by atoms with Gasteiger partial charge in [0.25, 0.3) is 0 Å². The summed E-state index contributed by atoms with van der Waals surface area (Å²) in [6.07, 6.45) is 2.75. The van der Waals surface area contributed by atoms with Crippen molar-refractivity contribution in [1.29, 1.82) is 0 Å². The second kappa shape index (κ2) is 15.4. The van der Waals surface area contributed by atoms with Gasteiger partial charge in [0.2, 0.25) is 0 Å². The van der Waals surface area contributed by atoms with Gasteiger partial charge in [0, 0.05) is 56.9 Å². The average molecular weight is 594 g/mol. The van der Waals surface area contributed by atoms with E-state index in [1.807, 2.05) is 60.7 Å². The number of hydrogen-bond acceptors (Lipinski definition) is 7. The van der Waals surface area contributed by atoms with Crippen LogP contribution in [-0.2, 0) is 18.0 Å². The van der Waals surface area contributed by atoms with E-state index in [1.54, 1.807) is 0 Å². The van der Waals surface area contributed by atoms with Gasteiger partial charge in [-0.2, -0.15) is 0 Å². The van der Waals surface area contributed by atoms with Gasteiger partial charge >= 0.3 is 0 Å². The Labute approximate surface area is 260 Å². The van der Waals surface area contributed by atoms with Crippen molar-refractivity contribution in [2.45, 2.75) is 44.5 Å². The molecular weight excluding hydrogens is 550 g/mol. The molecule has 0 radical (unpaired) electrons. The van der Waals surface area contributed by atoms with Crippen LogP contribution in [0.25, 0.3) is 0 Å². The maximum absolute atomic E-state index is 11.3. The van der Waals surface area contributed by atoms with Crippen LogP contribution < -0.4 is 25.0 Å². The normalized spacial score (nSPS) is 16.1. The summed E-state index contributed by atoms with van der Waals surface area (Å²) in [5, 5.41) is 10.2. The number of benzene rings is 4. The Balaban J connectivity index is 0.000000175. The maximum atomic E-state index is 11.3. The Morgan fingerprint density at radius 3 is 1.43 bits per heavy atom. The number of nitrogens with zero attached hydrogens (tertiary/aromatic N) is 2. The van der Waals surface area contributed by atoms with Crippen LogP contribution in [0, 0.1) is 0 Å². The first-order valence-electron chi connectivity index (χ1n) is 15.5. The van der Waals surface area contributed by atoms with Gasteiger partial charge in [-0.3, -0.25) is 4.79 Å². The van der Waals surface area contributed by atoms with Crippen LogP contribution in [0.4, 0.5) is 11.4 Å². The third-order valence-electron chi connectivity index (χ3n) is 8.30. The number of anilines is 2. The van der Waals surface area contributed by atoms with Crippen molar-refractivity contribution < 1.29 is 19.4 Å². The highest BCUT2D eigenvalue weighted by Crippen LogP contribution is 2.27. The first-order valence-corrected chi connectivity index (χ1v) is 15.5. The quantitative estimate of drug-likeness (QED) is 0.247. The van der Waals surface area contributed by atoms with Crippen LogP contribution in [0.5, 0.6) is 11.5 Å². The van der Waals surface area contributed by atoms with Gasteiger partial charge < -0.3 is 30.1 Å². The summed E-state index contributed by atoms with van der Waals surface area (Å²) >= 11 is 0. The fourth-order valence-corrected chi connectivity index (χ4v) is 5.39. The number of ether oxygens (including phenoxy) is 2. The number of carbonyl (C=O) groups excluding carboxylic acids is 1. The maximum Gasteiger partial charge on any atom is 0.136 e. The molecule has 0 bridgehead atoms. The molecule has 0 spiro atoms. The molecule has 2 aliphatic heterocycles. The van der Waals surface area contributed by atoms with Gasteiger partial charge in [-0.15, -0.1) is 0 Å². The summed E-state index contributed by atoms with van der Waals surface area (Å²) in [5.74, 6) is 2.11. The standard InChI is InChI=1S/C19H24N2O2.C18H19NO2/c20-15-19(22)10-12-21(13-11-19)17-6-8-18(9-7-17)23-14-16-4-2-1-3-5-16;20-17-10-12-19(13-11-17)16-6-8-18(9-7-16)21-14-15-4-2-1-3-5-15/h1-9,22H,10-15,20H2;1-9H,10-14H2. The molecule has 44 heavy (non-hydrogen) atoms. The number of aliphatic hydroxyl groups is 1. The van der Waals surface area contributed by atoms with Crippen molar-refractivity contribution >= 4 is 17.2 Å². The third-order valence-corrected chi connectivity index (χ3v) is 8.30. The first kappa shape index (κ1) is 31.1. The molecule has 230 valence electrons. The van der Waals surface area contributed by atoms with Crippen molar-refractivity contribution in [3.05, 3.63) is 120 Å². The van der Waals surface area contributed by atoms with Crippen molar-refractivity contribution in [3.8, 4) is 11.5 Å². The molecule has 0 amide bonds. The van der Waals surface area contributed by atoms with E-state index in [1.165, 1.54) is 0 Å². The van der Waals surface area contributed by atoms with E-state index in [0.717, 1.165) is 73.0 Å². The first-order chi connectivity index (χ1) is 21.5. The number of nitrogens with two attached hydrogens (primary N) is 1. The Hall–Kier alpha value is -4.33. The van der Waals surface area contributed by atoms with Crippen molar-refractivity contribution in [2.75, 3.05) is 42.5 Å². The summed E-state index contributed by atoms with van der Waals surface area (Å²) in [6.45, 7) is 4.81. The predicted molar refractivity (Wildman–Crippen MR) is 176 cm³/mol. The summed E-state index contributed by atoms with van der Waals surface area (Å²) in [7, 11) is 0. The Kier molecular flexibility index (Phi) is 10.9. The molecule has 0 atom stereocenters. The minimum Gasteiger partial charge on any atom is -0.489 e. The lowest BCUT2D eigenvalue weighted by atomic mass is 9.91. The highest BCUT2D eigenvalue weighted by atomic mass is 16.5. The molecule has 2 saturated heterocycles. The lowest BCUT2D eigenvalue weighted by Gasteiger charge is -2.38. The lowest BCUT2D eigenvalue weighted by Crippen LogP contribution is -2.48. The molecule has 0 aliphatic carbocycles. The van der Waals surface area contributed by atoms with Crippen molar-refractivity contribution in [3.63, 3.8) is 0 Å². The zero-order valence-corrected chi connectivity index (χ0v) is 25.3. The van der Waals surface area contributed by atoms with Crippen LogP contribution in [-0.4, -0.2) is 49.2 Å². The molecule has 7 heteroatoms. The van der Waals surface area contributed by atoms with E-state index in [0.29, 0.717) is 38.4 Å². The summed E-state index contributed by atoms with van der Waals surface area (Å²) in [6, 6.07) is 36.6. The zero-order valence-electron chi connectivity index (χ0n) is 25.3. The largest absolute Gasteiger partial charge is 0.489 e. The second-order valence-corrected chi connectivity index (χ2v) is 11.5. The molecule has 4 aromatic carbocycles. The van der Waals surface area contributed by atoms with E-state index < -0.39 is 5.60 Å². The molecule has 2 heterocycles. The van der Waals surface area contributed by atoms with E-state index in [9.17, 15) is 9.90 Å². The van der Waals surface area contributed by atoms with Crippen LogP contribution >= 0.6 is 0 Å². The van der Waals surface area contributed by atoms with Gasteiger partial charge in [-0.1, -0.05) is 60.7 Å². The van der Waals surface area contributed by atoms with E-state index in [-0.39, 0.29) is 0 Å². The molecule has 3 N–H and O–H groups in total. The predicted octanol–water partition coefficient (Wildman–Crippen LogP) is 5.99. The number of piperidine rings is 2. The minimum absolute atomic E-state index is 0.340. The van der Waals surface area contributed by atoms with Gasteiger partial charge in [0.1, 0.15) is 30.5 Å². The van der Waals surface area contributed by atoms with E-state index in [4.69, 9.17) is 15.2 Å². The Bertz CT molecular complexity index is 1410. The third kappa shape index (κ3) is 9.09. The summed E-state index contributed by atoms with van der Waals surface area (Å²) in [5.41, 5.74) is 9.60. The molecule has 6 rings (SSSR count). The monoisotopic (exact) mass is 593 g/mol. The van der Waals surface area contributed by atoms with Crippen molar-refractivity contribution in [1.82, 2.24) is 0 Å². The SMILES string of the molecule is NCC1(O)CCN(c2ccc(OCc3ccccc3)cc2)CC1.O=C1CCN(c2ccc(OCc3ccccc3)cc2)CC1. The van der Waals surface area contributed by atoms with Crippen molar-refractivity contribution in [2.24, 2.45) is 5.73 Å². The minimum atomic E-state index is -0.685. The molecule has 0 aromatic heterocycles. The number of carbonyl (C=O) groups is 1. The topological polar surface area (TPSA) is 88.3 Å². The number of Topliss-reactive ketones (excluding diaryl/α,β-unsaturated/α-hetero) is 1. The Morgan fingerprint density at radius 2 is 1.02 bits per heavy atom. The molecule has 7 nitrogen and oxygen atoms in total. The molecule has 4 aromatic rings. The smallest absolute Gasteiger partial charge is 0.136 e. The van der Waals surface area contributed by atoms with Gasteiger partial charge in [0.15, 0.2) is 0 Å². The molecule has 2 aliphatic rings. The number of rotatable bonds is 9. The van der Waals surface area contributed by atoms with Crippen LogP contribution in [0.2, 0.25) is 0 Å². The van der Waals surface area contributed by atoms with Gasteiger partial charge in [-0.05, 0) is 72.5 Å². The van der Waals surface area contributed by atoms with Gasteiger partial charge in [0.05, 0.1) is 5.60 Å². The highest BCUT2D eigenvalue weighted by molar-refractivity contribution is 5.81. The van der Waals surface area contributed by atoms with E-state index in [2.05, 4.69) is 58.3 Å². The Morgan fingerprint density at radius 1 is 0.614 bits per heavy atom.